The van der Waals surface area contributed by atoms with E-state index in [-0.39, 0.29) is 18.4 Å². The highest BCUT2D eigenvalue weighted by Gasteiger charge is 2.41. The normalized spacial score (nSPS) is 20.2. The van der Waals surface area contributed by atoms with Gasteiger partial charge >= 0.3 is 19.4 Å². The number of hydrogen-bond acceptors (Lipinski definition) is 11. The van der Waals surface area contributed by atoms with Gasteiger partial charge in [-0.3, -0.25) is 19.2 Å². The number of hydroxylamine groups is 1. The lowest BCUT2D eigenvalue weighted by atomic mass is 10.2. The number of rotatable bonds is 11. The highest BCUT2D eigenvalue weighted by Crippen LogP contribution is 2.44. The van der Waals surface area contributed by atoms with Crippen molar-refractivity contribution in [2.75, 3.05) is 12.2 Å². The zero-order valence-electron chi connectivity index (χ0n) is 20.1. The van der Waals surface area contributed by atoms with Crippen molar-refractivity contribution in [2.45, 2.75) is 51.4 Å². The predicted molar refractivity (Wildman–Crippen MR) is 128 cm³/mol. The van der Waals surface area contributed by atoms with Crippen LogP contribution in [-0.2, 0) is 32.8 Å². The van der Waals surface area contributed by atoms with Crippen LogP contribution in [0.3, 0.4) is 0 Å². The van der Waals surface area contributed by atoms with Crippen LogP contribution in [0.4, 0.5) is 5.69 Å². The summed E-state index contributed by atoms with van der Waals surface area (Å²) in [7, 11) is -3.31. The fourth-order valence-corrected chi connectivity index (χ4v) is 4.51. The number of aromatic nitrogens is 2. The van der Waals surface area contributed by atoms with Gasteiger partial charge in [0.2, 0.25) is 6.29 Å². The number of aromatic amines is 1. The van der Waals surface area contributed by atoms with Gasteiger partial charge in [0.25, 0.3) is 5.56 Å². The molecule has 2 heterocycles. The Morgan fingerprint density at radius 2 is 2.05 bits per heavy atom. The highest BCUT2D eigenvalue weighted by molar-refractivity contribution is 7.51. The minimum absolute atomic E-state index is 0.177. The molecule has 5 atom stereocenters. The van der Waals surface area contributed by atoms with Crippen molar-refractivity contribution in [1.29, 1.82) is 0 Å². The minimum Gasteiger partial charge on any atom is -0.399 e. The van der Waals surface area contributed by atoms with Crippen LogP contribution < -0.4 is 21.8 Å². The maximum Gasteiger partial charge on any atom is 0.461 e. The molecule has 0 spiro atoms. The van der Waals surface area contributed by atoms with Gasteiger partial charge in [-0.05, 0) is 44.4 Å². The fourth-order valence-electron chi connectivity index (χ4n) is 3.60. The van der Waals surface area contributed by atoms with Crippen LogP contribution in [0.2, 0.25) is 0 Å². The highest BCUT2D eigenvalue weighted by atomic mass is 31.2. The first-order valence-corrected chi connectivity index (χ1v) is 12.5. The molecule has 3 rings (SSSR count). The smallest absolute Gasteiger partial charge is 0.399 e. The van der Waals surface area contributed by atoms with Crippen LogP contribution in [0.25, 0.3) is 10.4 Å². The molecule has 200 valence electrons. The summed E-state index contributed by atoms with van der Waals surface area (Å²) >= 11 is 0. The topological polar surface area (TPSA) is 213 Å². The Morgan fingerprint density at radius 1 is 1.35 bits per heavy atom. The van der Waals surface area contributed by atoms with Gasteiger partial charge < -0.3 is 14.1 Å². The Hall–Kier alpha value is -3.65. The summed E-state index contributed by atoms with van der Waals surface area (Å²) in [5.41, 5.74) is 13.8. The summed E-state index contributed by atoms with van der Waals surface area (Å²) in [6.45, 7) is 2.95. The van der Waals surface area contributed by atoms with Crippen molar-refractivity contribution in [3.8, 4) is 0 Å². The molecule has 0 radical (unpaired) electrons. The maximum absolute atomic E-state index is 12.9. The largest absolute Gasteiger partial charge is 0.461 e. The molecule has 3 N–H and O–H groups in total. The standard InChI is InChI=1S/C20H26N7O9P/c1-12-11-26(20(30)23-17(12)28)16-10-9-15(33-16)19(34-25-24-21)36-37(22,31)35-18(29)13(2)27(32-3)14-7-5-4-6-8-14/h4-8,11,13,15-16,19H,9-10H2,1-3H3,(H2,22,31)(H,23,28,30)/t13-,15-,16+,19?,37?/m0/s1. The molecular formula is C20H26N7O9P. The van der Waals surface area contributed by atoms with Crippen molar-refractivity contribution in [3.63, 3.8) is 0 Å². The van der Waals surface area contributed by atoms with E-state index in [0.717, 1.165) is 4.57 Å². The van der Waals surface area contributed by atoms with Crippen LogP contribution >= 0.6 is 7.75 Å². The molecule has 1 aliphatic heterocycles. The Morgan fingerprint density at radius 3 is 2.70 bits per heavy atom. The quantitative estimate of drug-likeness (QED) is 0.105. The fraction of sp³-hybridized carbons (Fsp3) is 0.450. The number of nitrogens with two attached hydrogens (primary N) is 1. The molecule has 17 heteroatoms. The second kappa shape index (κ2) is 12.1. The van der Waals surface area contributed by atoms with Crippen molar-refractivity contribution in [2.24, 2.45) is 10.8 Å². The van der Waals surface area contributed by atoms with Gasteiger partial charge in [0.15, 0.2) is 6.04 Å². The van der Waals surface area contributed by atoms with E-state index in [9.17, 15) is 18.9 Å². The summed E-state index contributed by atoms with van der Waals surface area (Å²) in [6.07, 6.45) is -1.80. The van der Waals surface area contributed by atoms with Crippen LogP contribution in [-0.4, -0.2) is 41.1 Å². The Balaban J connectivity index is 1.71. The van der Waals surface area contributed by atoms with Crippen molar-refractivity contribution >= 4 is 19.4 Å². The number of ether oxygens (including phenoxy) is 1. The number of H-pyrrole nitrogens is 1. The number of carbonyl (C=O) groups is 1. The molecule has 1 fully saturated rings. The monoisotopic (exact) mass is 539 g/mol. The molecule has 2 unspecified atom stereocenters. The number of benzene rings is 1. The van der Waals surface area contributed by atoms with Gasteiger partial charge in [0.05, 0.1) is 12.8 Å². The maximum atomic E-state index is 12.9. The van der Waals surface area contributed by atoms with E-state index in [4.69, 9.17) is 34.5 Å². The summed E-state index contributed by atoms with van der Waals surface area (Å²) < 4.78 is 29.9. The third-order valence-corrected chi connectivity index (χ3v) is 6.28. The molecular weight excluding hydrogens is 513 g/mol. The minimum atomic E-state index is -4.64. The van der Waals surface area contributed by atoms with E-state index in [1.807, 2.05) is 0 Å². The third kappa shape index (κ3) is 6.98. The number of hydrogen-bond donors (Lipinski definition) is 2. The predicted octanol–water partition coefficient (Wildman–Crippen LogP) is 2.17. The first kappa shape index (κ1) is 27.9. The number of para-hydroxylation sites is 1. The molecule has 0 aliphatic carbocycles. The molecule has 0 saturated carbocycles. The van der Waals surface area contributed by atoms with E-state index in [2.05, 4.69) is 15.2 Å². The molecule has 1 aliphatic rings. The Bertz CT molecular complexity index is 1310. The summed E-state index contributed by atoms with van der Waals surface area (Å²) in [6, 6.07) is 7.50. The van der Waals surface area contributed by atoms with E-state index in [1.165, 1.54) is 32.2 Å². The number of aryl methyl sites for hydroxylation is 1. The first-order chi connectivity index (χ1) is 17.6. The summed E-state index contributed by atoms with van der Waals surface area (Å²) in [5.74, 6) is -1.04. The van der Waals surface area contributed by atoms with E-state index >= 15 is 0 Å². The SMILES string of the molecule is CON(c1ccccc1)[C@@H](C)C(=O)OP(N)(=O)OC(ON=[N+]=[N-])[C@@H]1CC[C@H](n2cc(C)c(=O)[nH]c2=O)O1. The van der Waals surface area contributed by atoms with Crippen LogP contribution in [0.15, 0.2) is 51.4 Å². The molecule has 0 bridgehead atoms. The molecule has 37 heavy (non-hydrogen) atoms. The zero-order chi connectivity index (χ0) is 27.2. The summed E-state index contributed by atoms with van der Waals surface area (Å²) in [4.78, 5) is 51.3. The van der Waals surface area contributed by atoms with E-state index < -0.39 is 49.6 Å². The lowest BCUT2D eigenvalue weighted by Gasteiger charge is -2.28. The van der Waals surface area contributed by atoms with Gasteiger partial charge in [-0.25, -0.2) is 29.2 Å². The van der Waals surface area contributed by atoms with Gasteiger partial charge in [-0.15, -0.1) is 0 Å². The molecule has 1 aromatic carbocycles. The van der Waals surface area contributed by atoms with Gasteiger partial charge in [0.1, 0.15) is 17.6 Å². The van der Waals surface area contributed by atoms with E-state index in [0.29, 0.717) is 5.69 Å². The second-order valence-corrected chi connectivity index (χ2v) is 9.38. The van der Waals surface area contributed by atoms with Crippen molar-refractivity contribution < 1.29 is 32.8 Å². The van der Waals surface area contributed by atoms with Crippen molar-refractivity contribution in [3.05, 3.63) is 73.4 Å². The molecule has 0 amide bonds. The first-order valence-electron chi connectivity index (χ1n) is 10.9. The van der Waals surface area contributed by atoms with Crippen LogP contribution in [0, 0.1) is 6.92 Å². The third-order valence-electron chi connectivity index (χ3n) is 5.35. The number of anilines is 1. The molecule has 1 aromatic heterocycles. The summed E-state index contributed by atoms with van der Waals surface area (Å²) in [5, 5.41) is 4.16. The van der Waals surface area contributed by atoms with Gasteiger partial charge in [0, 0.05) is 16.7 Å². The van der Waals surface area contributed by atoms with Gasteiger partial charge in [-0.1, -0.05) is 18.2 Å². The molecule has 1 saturated heterocycles. The van der Waals surface area contributed by atoms with Crippen LogP contribution in [0.1, 0.15) is 31.6 Å². The Kier molecular flexibility index (Phi) is 9.10. The van der Waals surface area contributed by atoms with Crippen LogP contribution in [0.5, 0.6) is 0 Å². The van der Waals surface area contributed by atoms with Crippen molar-refractivity contribution in [1.82, 2.24) is 9.55 Å². The zero-order valence-corrected chi connectivity index (χ0v) is 21.0. The molecule has 16 nitrogen and oxygen atoms in total. The number of azide groups is 1. The average molecular weight is 539 g/mol. The van der Waals surface area contributed by atoms with E-state index in [1.54, 1.807) is 30.3 Å². The Labute approximate surface area is 209 Å². The average Bonchev–Trinajstić information content (AvgIpc) is 3.34. The number of nitrogens with one attached hydrogen (secondary N) is 1. The van der Waals surface area contributed by atoms with Gasteiger partial charge in [-0.2, -0.15) is 0 Å². The second-order valence-electron chi connectivity index (χ2n) is 7.91. The molecule has 2 aromatic rings. The number of nitrogens with zero attached hydrogens (tertiary/aromatic N) is 5. The lowest BCUT2D eigenvalue weighted by molar-refractivity contribution is -0.174. The lowest BCUT2D eigenvalue weighted by Crippen LogP contribution is -2.40. The number of carbonyl (C=O) groups excluding carboxylic acids is 1.